The summed E-state index contributed by atoms with van der Waals surface area (Å²) in [5.74, 6) is 0. The molecule has 4 nitrogen and oxygen atoms in total. The highest BCUT2D eigenvalue weighted by atomic mass is 16.5. The zero-order valence-corrected chi connectivity index (χ0v) is 9.35. The van der Waals surface area contributed by atoms with Crippen LogP contribution in [0.2, 0.25) is 0 Å². The topological polar surface area (TPSA) is 52.9 Å². The van der Waals surface area contributed by atoms with Gasteiger partial charge in [0.2, 0.25) is 0 Å². The summed E-state index contributed by atoms with van der Waals surface area (Å²) in [5, 5.41) is 18.5. The van der Waals surface area contributed by atoms with Crippen molar-refractivity contribution >= 4 is 0 Å². The van der Waals surface area contributed by atoms with Crippen molar-refractivity contribution in [3.63, 3.8) is 0 Å². The maximum Gasteiger partial charge on any atom is 0.0707 e. The van der Waals surface area contributed by atoms with Crippen molar-refractivity contribution in [3.8, 4) is 0 Å². The van der Waals surface area contributed by atoms with Gasteiger partial charge in [0.25, 0.3) is 0 Å². The summed E-state index contributed by atoms with van der Waals surface area (Å²) in [5.41, 5.74) is -0.378. The summed E-state index contributed by atoms with van der Waals surface area (Å²) in [7, 11) is 0. The number of hydrogen-bond acceptors (Lipinski definition) is 4. The first kappa shape index (κ1) is 11.3. The van der Waals surface area contributed by atoms with Crippen LogP contribution in [-0.2, 0) is 4.74 Å². The third kappa shape index (κ3) is 2.50. The van der Waals surface area contributed by atoms with E-state index < -0.39 is 0 Å². The fourth-order valence-corrected chi connectivity index (χ4v) is 2.52. The molecule has 2 bridgehead atoms. The summed E-state index contributed by atoms with van der Waals surface area (Å²) >= 11 is 0. The second kappa shape index (κ2) is 4.37. The quantitative estimate of drug-likeness (QED) is 0.684. The Morgan fingerprint density at radius 2 is 1.73 bits per heavy atom. The predicted molar refractivity (Wildman–Crippen MR) is 56.6 cm³/mol. The lowest BCUT2D eigenvalue weighted by atomic mass is 9.92. The van der Waals surface area contributed by atoms with Crippen molar-refractivity contribution in [1.29, 1.82) is 0 Å². The Bertz CT molecular complexity index is 206. The van der Waals surface area contributed by atoms with E-state index in [-0.39, 0.29) is 18.6 Å². The zero-order valence-electron chi connectivity index (χ0n) is 9.35. The lowest BCUT2D eigenvalue weighted by molar-refractivity contribution is -0.0607. The van der Waals surface area contributed by atoms with Gasteiger partial charge in [0.15, 0.2) is 0 Å². The maximum atomic E-state index is 9.25. The number of rotatable bonds is 4. The van der Waals surface area contributed by atoms with Crippen LogP contribution in [0.3, 0.4) is 0 Å². The number of nitrogens with zero attached hydrogens (tertiary/aromatic N) is 1. The Balaban J connectivity index is 1.89. The summed E-state index contributed by atoms with van der Waals surface area (Å²) in [4.78, 5) is 2.32. The van der Waals surface area contributed by atoms with Crippen LogP contribution >= 0.6 is 0 Å². The molecule has 4 heteroatoms. The van der Waals surface area contributed by atoms with Crippen molar-refractivity contribution in [3.05, 3.63) is 0 Å². The molecule has 0 aliphatic carbocycles. The summed E-state index contributed by atoms with van der Waals surface area (Å²) < 4.78 is 5.74. The molecule has 2 fully saturated rings. The zero-order chi connectivity index (χ0) is 10.9. The molecule has 0 aromatic carbocycles. The third-order valence-electron chi connectivity index (χ3n) is 3.49. The number of ether oxygens (including phenoxy) is 1. The van der Waals surface area contributed by atoms with Gasteiger partial charge < -0.3 is 14.9 Å². The fourth-order valence-electron chi connectivity index (χ4n) is 2.52. The van der Waals surface area contributed by atoms with Gasteiger partial charge in [-0.15, -0.1) is 0 Å². The Kier molecular flexibility index (Phi) is 3.30. The van der Waals surface area contributed by atoms with Crippen LogP contribution in [0, 0.1) is 5.41 Å². The first-order valence-corrected chi connectivity index (χ1v) is 5.75. The molecular weight excluding hydrogens is 194 g/mol. The van der Waals surface area contributed by atoms with Gasteiger partial charge in [0, 0.05) is 25.0 Å². The number of fused-ring (bicyclic) bond motifs is 2. The molecule has 0 amide bonds. The van der Waals surface area contributed by atoms with E-state index in [1.807, 2.05) is 6.92 Å². The number of aliphatic hydroxyl groups excluding tert-OH is 2. The van der Waals surface area contributed by atoms with E-state index in [0.29, 0.717) is 12.2 Å². The minimum atomic E-state index is -0.378. The van der Waals surface area contributed by atoms with Crippen LogP contribution < -0.4 is 0 Å². The molecule has 0 aromatic heterocycles. The van der Waals surface area contributed by atoms with Crippen molar-refractivity contribution < 1.29 is 14.9 Å². The largest absolute Gasteiger partial charge is 0.396 e. The molecule has 0 radical (unpaired) electrons. The Labute approximate surface area is 90.8 Å². The van der Waals surface area contributed by atoms with Gasteiger partial charge in [-0.1, -0.05) is 6.92 Å². The molecule has 0 aromatic rings. The normalized spacial score (nSPS) is 32.2. The number of morpholine rings is 1. The molecule has 2 unspecified atom stereocenters. The summed E-state index contributed by atoms with van der Waals surface area (Å²) in [6.45, 7) is 4.66. The number of hydrogen-bond donors (Lipinski definition) is 2. The fraction of sp³-hybridized carbons (Fsp3) is 1.00. The molecule has 88 valence electrons. The molecule has 2 aliphatic heterocycles. The minimum absolute atomic E-state index is 0.0379. The summed E-state index contributed by atoms with van der Waals surface area (Å²) in [6.07, 6.45) is 3.09. The molecule has 0 saturated carbocycles. The van der Waals surface area contributed by atoms with E-state index in [1.54, 1.807) is 0 Å². The van der Waals surface area contributed by atoms with Crippen LogP contribution in [0.15, 0.2) is 0 Å². The van der Waals surface area contributed by atoms with Gasteiger partial charge in [-0.05, 0) is 12.8 Å². The van der Waals surface area contributed by atoms with E-state index in [4.69, 9.17) is 4.74 Å². The highest BCUT2D eigenvalue weighted by molar-refractivity contribution is 4.88. The van der Waals surface area contributed by atoms with E-state index in [1.165, 1.54) is 0 Å². The predicted octanol–water partition coefficient (Wildman–Crippen LogP) is -0.160. The summed E-state index contributed by atoms with van der Waals surface area (Å²) in [6, 6.07) is 0. The Morgan fingerprint density at radius 3 is 2.20 bits per heavy atom. The van der Waals surface area contributed by atoms with E-state index in [9.17, 15) is 10.2 Å². The van der Waals surface area contributed by atoms with Crippen molar-refractivity contribution in [2.45, 2.75) is 32.0 Å². The van der Waals surface area contributed by atoms with E-state index in [2.05, 4.69) is 4.90 Å². The standard InChI is InChI=1S/C11H21NO3/c1-11(7-13,8-14)6-12-4-9-2-3-10(5-12)15-9/h9-10,13-14H,2-8H2,1H3. The van der Waals surface area contributed by atoms with Crippen LogP contribution in [0.1, 0.15) is 19.8 Å². The Morgan fingerprint density at radius 1 is 1.20 bits per heavy atom. The molecule has 0 spiro atoms. The molecule has 2 aliphatic rings. The Hall–Kier alpha value is -0.160. The van der Waals surface area contributed by atoms with Crippen LogP contribution in [0.25, 0.3) is 0 Å². The lowest BCUT2D eigenvalue weighted by Gasteiger charge is -2.37. The van der Waals surface area contributed by atoms with Gasteiger partial charge >= 0.3 is 0 Å². The molecule has 2 rings (SSSR count). The monoisotopic (exact) mass is 215 g/mol. The highest BCUT2D eigenvalue weighted by Crippen LogP contribution is 2.28. The van der Waals surface area contributed by atoms with E-state index >= 15 is 0 Å². The first-order chi connectivity index (χ1) is 7.15. The molecular formula is C11H21NO3. The minimum Gasteiger partial charge on any atom is -0.396 e. The van der Waals surface area contributed by atoms with Gasteiger partial charge in [-0.3, -0.25) is 4.90 Å². The second-order valence-corrected chi connectivity index (χ2v) is 5.28. The van der Waals surface area contributed by atoms with Crippen LogP contribution in [-0.4, -0.2) is 60.2 Å². The van der Waals surface area contributed by atoms with Gasteiger partial charge in [-0.2, -0.15) is 0 Å². The lowest BCUT2D eigenvalue weighted by Crippen LogP contribution is -2.48. The van der Waals surface area contributed by atoms with Crippen LogP contribution in [0.5, 0.6) is 0 Å². The van der Waals surface area contributed by atoms with Crippen LogP contribution in [0.4, 0.5) is 0 Å². The first-order valence-electron chi connectivity index (χ1n) is 5.75. The van der Waals surface area contributed by atoms with Gasteiger partial charge in [0.05, 0.1) is 25.4 Å². The van der Waals surface area contributed by atoms with Crippen molar-refractivity contribution in [1.82, 2.24) is 4.90 Å². The molecule has 2 heterocycles. The average molecular weight is 215 g/mol. The molecule has 2 atom stereocenters. The maximum absolute atomic E-state index is 9.25. The number of likely N-dealkylation sites (tertiary alicyclic amines) is 1. The van der Waals surface area contributed by atoms with Crippen molar-refractivity contribution in [2.24, 2.45) is 5.41 Å². The third-order valence-corrected chi connectivity index (χ3v) is 3.49. The highest BCUT2D eigenvalue weighted by Gasteiger charge is 2.36. The average Bonchev–Trinajstić information content (AvgIpc) is 2.58. The van der Waals surface area contributed by atoms with Gasteiger partial charge in [-0.25, -0.2) is 0 Å². The SMILES string of the molecule is CC(CO)(CO)CN1CC2CCC(C1)O2. The molecule has 15 heavy (non-hydrogen) atoms. The second-order valence-electron chi connectivity index (χ2n) is 5.28. The van der Waals surface area contributed by atoms with E-state index in [0.717, 1.165) is 32.5 Å². The smallest absolute Gasteiger partial charge is 0.0707 e. The van der Waals surface area contributed by atoms with Crippen molar-refractivity contribution in [2.75, 3.05) is 32.8 Å². The number of aliphatic hydroxyl groups is 2. The van der Waals surface area contributed by atoms with Gasteiger partial charge in [0.1, 0.15) is 0 Å². The molecule has 2 N–H and O–H groups in total. The molecule has 2 saturated heterocycles.